The van der Waals surface area contributed by atoms with E-state index in [1.807, 2.05) is 0 Å². The standard InChI is InChI=1S/C10H15.C6H9.NO.W/c1-6-7(2)9(4)10(5)8(6)3;1-2-4-6-5-3-1;1-2;/h1-5H3;1-3H,4-6H2;;/q;;;+2. The fourth-order valence-corrected chi connectivity index (χ4v) is 2.05. The fraction of sp³-hybridized carbons (Fsp3) is 0.500. The Morgan fingerprint density at radius 1 is 0.737 bits per heavy atom. The molecular weight excluding hydrogens is 406 g/mol. The van der Waals surface area contributed by atoms with Crippen molar-refractivity contribution in [1.82, 2.24) is 5.59 Å². The van der Waals surface area contributed by atoms with Crippen LogP contribution in [0.1, 0.15) is 53.9 Å². The Labute approximate surface area is 134 Å². The number of hydrogen-bond acceptors (Lipinski definition) is 1. The average molecular weight is 430 g/mol. The van der Waals surface area contributed by atoms with E-state index in [1.54, 1.807) is 0 Å². The third-order valence-corrected chi connectivity index (χ3v) is 3.83. The summed E-state index contributed by atoms with van der Waals surface area (Å²) < 4.78 is 0. The Hall–Kier alpha value is 0.288. The van der Waals surface area contributed by atoms with Gasteiger partial charge in [-0.1, -0.05) is 41.0 Å². The monoisotopic (exact) mass is 430 g/mol. The van der Waals surface area contributed by atoms with Crippen molar-refractivity contribution in [2.45, 2.75) is 53.9 Å². The first-order valence-corrected chi connectivity index (χ1v) is 6.42. The van der Waals surface area contributed by atoms with E-state index >= 15 is 0 Å². The second kappa shape index (κ2) is 12.1. The van der Waals surface area contributed by atoms with Crippen LogP contribution in [0.15, 0.2) is 0 Å². The third kappa shape index (κ3) is 7.02. The molecule has 0 atom stereocenters. The van der Waals surface area contributed by atoms with Gasteiger partial charge in [-0.15, -0.1) is 4.91 Å². The molecule has 9 radical (unpaired) electrons. The maximum absolute atomic E-state index is 7.25. The van der Waals surface area contributed by atoms with Crippen LogP contribution in [0, 0.1) is 53.8 Å². The summed E-state index contributed by atoms with van der Waals surface area (Å²) in [6.45, 7) is 11.0. The van der Waals surface area contributed by atoms with Crippen LogP contribution in [0.2, 0.25) is 0 Å². The molecule has 0 bridgehead atoms. The molecule has 103 valence electrons. The summed E-state index contributed by atoms with van der Waals surface area (Å²) in [7, 11) is 0. The van der Waals surface area contributed by atoms with Crippen molar-refractivity contribution in [3.8, 4) is 0 Å². The molecule has 0 N–H and O–H groups in total. The van der Waals surface area contributed by atoms with Gasteiger partial charge in [-0.25, -0.2) is 0 Å². The molecule has 0 amide bonds. The van der Waals surface area contributed by atoms with Gasteiger partial charge in [0.2, 0.25) is 0 Å². The van der Waals surface area contributed by atoms with Gasteiger partial charge >= 0.3 is 21.1 Å². The molecule has 0 aromatic heterocycles. The van der Waals surface area contributed by atoms with Gasteiger partial charge in [0.25, 0.3) is 0 Å². The molecule has 0 spiro atoms. The minimum atomic E-state index is 0. The Morgan fingerprint density at radius 3 is 1.11 bits per heavy atom. The molecule has 2 aliphatic rings. The van der Waals surface area contributed by atoms with E-state index in [9.17, 15) is 0 Å². The molecule has 0 saturated heterocycles. The van der Waals surface area contributed by atoms with E-state index in [2.05, 4.69) is 53.9 Å². The van der Waals surface area contributed by atoms with E-state index in [-0.39, 0.29) is 21.1 Å². The van der Waals surface area contributed by atoms with Gasteiger partial charge in [0.1, 0.15) is 5.59 Å². The molecule has 2 rings (SSSR count). The SMILES string of the molecule is C[C]1[C](C)[C](C)[C](C)[C]1C.[CH]1[CH]CCC[CH]1.[N]=O.[W+2]. The van der Waals surface area contributed by atoms with Crippen molar-refractivity contribution in [3.63, 3.8) is 0 Å². The number of nitroso groups, excluding NO2 is 1. The van der Waals surface area contributed by atoms with Crippen molar-refractivity contribution in [1.29, 1.82) is 0 Å². The second-order valence-corrected chi connectivity index (χ2v) is 4.72. The first-order valence-electron chi connectivity index (χ1n) is 6.42. The van der Waals surface area contributed by atoms with E-state index < -0.39 is 0 Å². The zero-order valence-corrected chi connectivity index (χ0v) is 15.6. The number of nitrogens with zero attached hydrogens (tertiary/aromatic N) is 1. The molecule has 2 aliphatic carbocycles. The Kier molecular flexibility index (Phi) is 13.7. The number of rotatable bonds is 0. The first-order chi connectivity index (χ1) is 8.55. The summed E-state index contributed by atoms with van der Waals surface area (Å²) in [4.78, 5) is 7.25. The second-order valence-electron chi connectivity index (χ2n) is 4.72. The van der Waals surface area contributed by atoms with Gasteiger partial charge in [-0.05, 0) is 61.7 Å². The molecule has 0 heterocycles. The molecule has 3 heteroatoms. The molecular formula is C16H24NOW+2. The molecule has 2 fully saturated rings. The van der Waals surface area contributed by atoms with E-state index in [4.69, 9.17) is 10.5 Å². The van der Waals surface area contributed by atoms with Crippen LogP contribution >= 0.6 is 0 Å². The molecule has 2 nitrogen and oxygen atoms in total. The Bertz CT molecular complexity index is 153. The Balaban J connectivity index is 0. The van der Waals surface area contributed by atoms with Crippen molar-refractivity contribution in [3.05, 3.63) is 53.8 Å². The van der Waals surface area contributed by atoms with Crippen LogP contribution in [0.5, 0.6) is 0 Å². The largest absolute Gasteiger partial charge is 2.00 e. The van der Waals surface area contributed by atoms with Crippen LogP contribution < -0.4 is 5.59 Å². The van der Waals surface area contributed by atoms with Crippen LogP contribution in [0.3, 0.4) is 0 Å². The van der Waals surface area contributed by atoms with Gasteiger partial charge in [-0.3, -0.25) is 0 Å². The van der Waals surface area contributed by atoms with E-state index in [0.29, 0.717) is 0 Å². The van der Waals surface area contributed by atoms with Gasteiger partial charge < -0.3 is 0 Å². The molecule has 2 saturated carbocycles. The topological polar surface area (TPSA) is 39.4 Å². The van der Waals surface area contributed by atoms with Crippen LogP contribution in [-0.2, 0) is 21.1 Å². The van der Waals surface area contributed by atoms with Crippen molar-refractivity contribution in [2.24, 2.45) is 0 Å². The predicted molar refractivity (Wildman–Crippen MR) is 76.8 cm³/mol. The smallest absolute Gasteiger partial charge is 0.120 e. The van der Waals surface area contributed by atoms with E-state index in [0.717, 1.165) is 0 Å². The molecule has 0 aliphatic heterocycles. The van der Waals surface area contributed by atoms with Gasteiger partial charge in [-0.2, -0.15) is 0 Å². The fourth-order valence-electron chi connectivity index (χ4n) is 2.05. The maximum Gasteiger partial charge on any atom is 2.00 e. The minimum Gasteiger partial charge on any atom is -0.120 e. The van der Waals surface area contributed by atoms with Gasteiger partial charge in [0, 0.05) is 0 Å². The third-order valence-electron chi connectivity index (χ3n) is 3.83. The van der Waals surface area contributed by atoms with Gasteiger partial charge in [0.15, 0.2) is 0 Å². The zero-order chi connectivity index (χ0) is 14.1. The van der Waals surface area contributed by atoms with Crippen LogP contribution in [0.4, 0.5) is 0 Å². The van der Waals surface area contributed by atoms with Crippen LogP contribution in [-0.4, -0.2) is 0 Å². The Morgan fingerprint density at radius 2 is 1.00 bits per heavy atom. The molecule has 0 unspecified atom stereocenters. The molecule has 0 aromatic rings. The average Bonchev–Trinajstić information content (AvgIpc) is 2.62. The van der Waals surface area contributed by atoms with Crippen molar-refractivity contribution < 1.29 is 21.1 Å². The summed E-state index contributed by atoms with van der Waals surface area (Å²) in [5.74, 6) is 7.34. The maximum atomic E-state index is 7.25. The van der Waals surface area contributed by atoms with Gasteiger partial charge in [0.05, 0.1) is 0 Å². The normalized spacial score (nSPS) is 22.8. The number of hydrogen-bond donors (Lipinski definition) is 0. The van der Waals surface area contributed by atoms with E-state index in [1.165, 1.54) is 48.9 Å². The zero-order valence-electron chi connectivity index (χ0n) is 12.6. The van der Waals surface area contributed by atoms with Crippen LogP contribution in [0.25, 0.3) is 0 Å². The summed E-state index contributed by atoms with van der Waals surface area (Å²) >= 11 is 0. The summed E-state index contributed by atoms with van der Waals surface area (Å²) in [5, 5.41) is 0. The van der Waals surface area contributed by atoms with Crippen molar-refractivity contribution in [2.75, 3.05) is 0 Å². The minimum absolute atomic E-state index is 0. The summed E-state index contributed by atoms with van der Waals surface area (Å²) in [6, 6.07) is 0. The summed E-state index contributed by atoms with van der Waals surface area (Å²) in [6.07, 6.45) is 10.5. The molecule has 19 heavy (non-hydrogen) atoms. The first kappa shape index (κ1) is 21.6. The summed E-state index contributed by atoms with van der Waals surface area (Å²) in [5.41, 5.74) is 5.75. The van der Waals surface area contributed by atoms with Crippen molar-refractivity contribution >= 4 is 0 Å². The quantitative estimate of drug-likeness (QED) is 0.565. The molecule has 0 aromatic carbocycles. The predicted octanol–water partition coefficient (Wildman–Crippen LogP) is 4.31.